The minimum atomic E-state index is -4.11. The molecule has 0 aliphatic heterocycles. The molecular weight excluding hydrogens is 275 g/mol. The number of hydrogen-bond donors (Lipinski definition) is 2. The van der Waals surface area contributed by atoms with Crippen molar-refractivity contribution in [1.82, 2.24) is 4.72 Å². The molecule has 0 aliphatic carbocycles. The Balaban J connectivity index is 3.15. The fourth-order valence-electron chi connectivity index (χ4n) is 1.44. The molecule has 104 valence electrons. The number of nitrogens with zero attached hydrogens (tertiary/aromatic N) is 1. The molecule has 0 saturated carbocycles. The molecule has 0 amide bonds. The molecule has 8 heteroatoms. The first-order valence-corrected chi connectivity index (χ1v) is 6.75. The molecule has 0 aliphatic rings. The van der Waals surface area contributed by atoms with Gasteiger partial charge in [0.15, 0.2) is 0 Å². The van der Waals surface area contributed by atoms with Crippen LogP contribution in [0.5, 0.6) is 0 Å². The summed E-state index contributed by atoms with van der Waals surface area (Å²) in [7, 11) is -2.76. The van der Waals surface area contributed by atoms with Gasteiger partial charge in [-0.05, 0) is 12.1 Å². The number of methoxy groups -OCH3 is 1. The van der Waals surface area contributed by atoms with Crippen molar-refractivity contribution >= 4 is 10.0 Å². The number of nitriles is 1. The SMILES string of the molecule is COCC(CO)NS(=O)(=O)c1cccc(F)c1C#N. The van der Waals surface area contributed by atoms with Gasteiger partial charge in [0.2, 0.25) is 10.0 Å². The standard InChI is InChI=1S/C11H13FN2O4S/c1-18-7-8(6-15)14-19(16,17)11-4-2-3-10(12)9(11)5-13/h2-4,8,14-15H,6-7H2,1H3. The van der Waals surface area contributed by atoms with E-state index in [2.05, 4.69) is 4.72 Å². The van der Waals surface area contributed by atoms with Crippen LogP contribution in [0.15, 0.2) is 23.1 Å². The Labute approximate surface area is 110 Å². The molecule has 0 spiro atoms. The average molecular weight is 288 g/mol. The van der Waals surface area contributed by atoms with Gasteiger partial charge in [-0.2, -0.15) is 5.26 Å². The Bertz CT molecular complexity index is 583. The molecule has 1 unspecified atom stereocenters. The van der Waals surface area contributed by atoms with Crippen LogP contribution in [0, 0.1) is 17.1 Å². The zero-order chi connectivity index (χ0) is 14.5. The summed E-state index contributed by atoms with van der Waals surface area (Å²) in [5, 5.41) is 17.8. The van der Waals surface area contributed by atoms with Gasteiger partial charge < -0.3 is 9.84 Å². The Morgan fingerprint density at radius 3 is 2.79 bits per heavy atom. The van der Waals surface area contributed by atoms with E-state index in [0.717, 1.165) is 12.1 Å². The summed E-state index contributed by atoms with van der Waals surface area (Å²) in [6.45, 7) is -0.531. The smallest absolute Gasteiger partial charge is 0.242 e. The van der Waals surface area contributed by atoms with Crippen LogP contribution in [0.2, 0.25) is 0 Å². The summed E-state index contributed by atoms with van der Waals surface area (Å²) in [5.41, 5.74) is -0.566. The monoisotopic (exact) mass is 288 g/mol. The lowest BCUT2D eigenvalue weighted by molar-refractivity contribution is 0.139. The van der Waals surface area contributed by atoms with Gasteiger partial charge in [-0.15, -0.1) is 0 Å². The van der Waals surface area contributed by atoms with Gasteiger partial charge in [-0.3, -0.25) is 0 Å². The summed E-state index contributed by atoms with van der Waals surface area (Å²) in [4.78, 5) is -0.468. The van der Waals surface area contributed by atoms with Crippen LogP contribution in [-0.4, -0.2) is 39.9 Å². The van der Waals surface area contributed by atoms with Gasteiger partial charge in [-0.25, -0.2) is 17.5 Å². The molecule has 1 atom stereocenters. The van der Waals surface area contributed by atoms with Crippen LogP contribution < -0.4 is 4.72 Å². The van der Waals surface area contributed by atoms with E-state index in [-0.39, 0.29) is 6.61 Å². The average Bonchev–Trinajstić information content (AvgIpc) is 2.37. The zero-order valence-corrected chi connectivity index (χ0v) is 10.9. The topological polar surface area (TPSA) is 99.4 Å². The first kappa shape index (κ1) is 15.5. The molecule has 1 aromatic rings. The van der Waals surface area contributed by atoms with E-state index in [4.69, 9.17) is 15.1 Å². The molecule has 0 bridgehead atoms. The number of rotatable bonds is 6. The number of benzene rings is 1. The van der Waals surface area contributed by atoms with Gasteiger partial charge in [-0.1, -0.05) is 6.07 Å². The fourth-order valence-corrected chi connectivity index (χ4v) is 2.82. The first-order chi connectivity index (χ1) is 8.96. The summed E-state index contributed by atoms with van der Waals surface area (Å²) in [5.74, 6) is -0.919. The third-order valence-corrected chi connectivity index (χ3v) is 3.85. The maximum atomic E-state index is 13.4. The molecule has 0 radical (unpaired) electrons. The number of aliphatic hydroxyl groups is 1. The van der Waals surface area contributed by atoms with Gasteiger partial charge in [0.05, 0.1) is 19.3 Å². The Kier molecular flexibility index (Phi) is 5.38. The van der Waals surface area contributed by atoms with Crippen molar-refractivity contribution in [3.05, 3.63) is 29.6 Å². The van der Waals surface area contributed by atoms with E-state index >= 15 is 0 Å². The van der Waals surface area contributed by atoms with E-state index in [1.807, 2.05) is 0 Å². The molecule has 0 fully saturated rings. The lowest BCUT2D eigenvalue weighted by atomic mass is 10.2. The molecule has 6 nitrogen and oxygen atoms in total. The second-order valence-corrected chi connectivity index (χ2v) is 5.36. The first-order valence-electron chi connectivity index (χ1n) is 5.27. The normalized spacial score (nSPS) is 12.9. The third kappa shape index (κ3) is 3.71. The van der Waals surface area contributed by atoms with Gasteiger partial charge in [0, 0.05) is 7.11 Å². The van der Waals surface area contributed by atoms with Gasteiger partial charge in [0.25, 0.3) is 0 Å². The summed E-state index contributed by atoms with van der Waals surface area (Å²) >= 11 is 0. The van der Waals surface area contributed by atoms with Crippen LogP contribution in [0.3, 0.4) is 0 Å². The van der Waals surface area contributed by atoms with Crippen molar-refractivity contribution < 1.29 is 22.7 Å². The zero-order valence-electron chi connectivity index (χ0n) is 10.1. The summed E-state index contributed by atoms with van der Waals surface area (Å²) in [6.07, 6.45) is 0. The second-order valence-electron chi connectivity index (χ2n) is 3.68. The highest BCUT2D eigenvalue weighted by molar-refractivity contribution is 7.89. The molecule has 1 rings (SSSR count). The maximum absolute atomic E-state index is 13.4. The lowest BCUT2D eigenvalue weighted by Crippen LogP contribution is -2.40. The number of ether oxygens (including phenoxy) is 1. The minimum absolute atomic E-state index is 0.0487. The Morgan fingerprint density at radius 2 is 2.26 bits per heavy atom. The van der Waals surface area contributed by atoms with Crippen LogP contribution >= 0.6 is 0 Å². The lowest BCUT2D eigenvalue weighted by Gasteiger charge is -2.16. The van der Waals surface area contributed by atoms with Crippen LogP contribution in [0.4, 0.5) is 4.39 Å². The predicted molar refractivity (Wildman–Crippen MR) is 64.2 cm³/mol. The van der Waals surface area contributed by atoms with Gasteiger partial charge >= 0.3 is 0 Å². The van der Waals surface area contributed by atoms with Crippen molar-refractivity contribution in [3.63, 3.8) is 0 Å². The number of aliphatic hydroxyl groups excluding tert-OH is 1. The summed E-state index contributed by atoms with van der Waals surface area (Å²) < 4.78 is 44.3. The fraction of sp³-hybridized carbons (Fsp3) is 0.364. The van der Waals surface area contributed by atoms with Crippen molar-refractivity contribution in [2.45, 2.75) is 10.9 Å². The number of halogens is 1. The van der Waals surface area contributed by atoms with E-state index in [0.29, 0.717) is 0 Å². The highest BCUT2D eigenvalue weighted by atomic mass is 32.2. The largest absolute Gasteiger partial charge is 0.395 e. The Morgan fingerprint density at radius 1 is 1.58 bits per heavy atom. The van der Waals surface area contributed by atoms with Crippen molar-refractivity contribution in [2.75, 3.05) is 20.3 Å². The molecule has 0 saturated heterocycles. The van der Waals surface area contributed by atoms with Crippen LogP contribution in [0.25, 0.3) is 0 Å². The molecule has 1 aromatic carbocycles. The minimum Gasteiger partial charge on any atom is -0.395 e. The molecular formula is C11H13FN2O4S. The van der Waals surface area contributed by atoms with Crippen molar-refractivity contribution in [3.8, 4) is 6.07 Å². The van der Waals surface area contributed by atoms with Crippen LogP contribution in [-0.2, 0) is 14.8 Å². The molecule has 0 heterocycles. The van der Waals surface area contributed by atoms with Gasteiger partial charge in [0.1, 0.15) is 22.3 Å². The quantitative estimate of drug-likeness (QED) is 0.766. The number of sulfonamides is 1. The third-order valence-electron chi connectivity index (χ3n) is 2.29. The number of nitrogens with one attached hydrogen (secondary N) is 1. The van der Waals surface area contributed by atoms with E-state index < -0.39 is 38.9 Å². The second kappa shape index (κ2) is 6.58. The van der Waals surface area contributed by atoms with Crippen LogP contribution in [0.1, 0.15) is 5.56 Å². The number of hydrogen-bond acceptors (Lipinski definition) is 5. The van der Waals surface area contributed by atoms with Crippen molar-refractivity contribution in [1.29, 1.82) is 5.26 Å². The van der Waals surface area contributed by atoms with E-state index in [1.165, 1.54) is 19.2 Å². The Hall–Kier alpha value is -1.53. The summed E-state index contributed by atoms with van der Waals surface area (Å²) in [6, 6.07) is 3.94. The van der Waals surface area contributed by atoms with E-state index in [1.54, 1.807) is 0 Å². The molecule has 19 heavy (non-hydrogen) atoms. The molecule has 2 N–H and O–H groups in total. The maximum Gasteiger partial charge on any atom is 0.242 e. The highest BCUT2D eigenvalue weighted by Gasteiger charge is 2.24. The van der Waals surface area contributed by atoms with Crippen molar-refractivity contribution in [2.24, 2.45) is 0 Å². The predicted octanol–water partition coefficient (Wildman–Crippen LogP) is -0.0170. The highest BCUT2D eigenvalue weighted by Crippen LogP contribution is 2.18. The molecule has 0 aromatic heterocycles. The van der Waals surface area contributed by atoms with E-state index in [9.17, 15) is 12.8 Å².